The molecule has 1 aliphatic heterocycles. The Balaban J connectivity index is 1.66. The molecule has 0 saturated heterocycles. The SMILES string of the molecule is CC(C)C[C@H](NC(=O)CN(C)C)c1nnc2n1CCN(C(=O)CCc1cccs1)CC2. The number of hydrogen-bond acceptors (Lipinski definition) is 6. The number of fused-ring (bicyclic) bond motifs is 1. The van der Waals surface area contributed by atoms with Crippen molar-refractivity contribution in [1.29, 1.82) is 0 Å². The first-order chi connectivity index (χ1) is 14.8. The number of thiophene rings is 1. The molecule has 0 fully saturated rings. The van der Waals surface area contributed by atoms with Gasteiger partial charge >= 0.3 is 0 Å². The summed E-state index contributed by atoms with van der Waals surface area (Å²) in [4.78, 5) is 30.2. The van der Waals surface area contributed by atoms with E-state index in [0.29, 0.717) is 44.9 Å². The predicted molar refractivity (Wildman–Crippen MR) is 122 cm³/mol. The van der Waals surface area contributed by atoms with Crippen LogP contribution in [0.1, 0.15) is 49.3 Å². The van der Waals surface area contributed by atoms with E-state index in [1.165, 1.54) is 4.88 Å². The highest BCUT2D eigenvalue weighted by atomic mass is 32.1. The summed E-state index contributed by atoms with van der Waals surface area (Å²) in [6.45, 7) is 6.56. The second-order valence-electron chi connectivity index (χ2n) is 8.82. The molecule has 2 amide bonds. The largest absolute Gasteiger partial charge is 0.345 e. The van der Waals surface area contributed by atoms with Gasteiger partial charge in [0.1, 0.15) is 5.82 Å². The molecule has 1 aliphatic rings. The summed E-state index contributed by atoms with van der Waals surface area (Å²) in [5.41, 5.74) is 0. The van der Waals surface area contributed by atoms with Gasteiger partial charge in [0.15, 0.2) is 5.82 Å². The topological polar surface area (TPSA) is 83.4 Å². The first kappa shape index (κ1) is 23.4. The number of amides is 2. The minimum absolute atomic E-state index is 0.0213. The predicted octanol–water partition coefficient (Wildman–Crippen LogP) is 2.12. The van der Waals surface area contributed by atoms with Crippen LogP contribution in [0, 0.1) is 5.92 Å². The van der Waals surface area contributed by atoms with Gasteiger partial charge in [0.25, 0.3) is 0 Å². The second kappa shape index (κ2) is 10.9. The number of aryl methyl sites for hydroxylation is 1. The van der Waals surface area contributed by atoms with Gasteiger partial charge in [-0.05, 0) is 44.3 Å². The zero-order valence-electron chi connectivity index (χ0n) is 19.0. The minimum Gasteiger partial charge on any atom is -0.345 e. The molecule has 3 heterocycles. The first-order valence-electron chi connectivity index (χ1n) is 11.0. The van der Waals surface area contributed by atoms with Gasteiger partial charge in [-0.1, -0.05) is 19.9 Å². The van der Waals surface area contributed by atoms with E-state index in [1.54, 1.807) is 11.3 Å². The molecule has 0 spiro atoms. The maximum atomic E-state index is 12.8. The van der Waals surface area contributed by atoms with E-state index >= 15 is 0 Å². The molecule has 0 saturated carbocycles. The lowest BCUT2D eigenvalue weighted by Crippen LogP contribution is -2.38. The van der Waals surface area contributed by atoms with Gasteiger partial charge < -0.3 is 19.7 Å². The number of nitrogens with one attached hydrogen (secondary N) is 1. The maximum Gasteiger partial charge on any atom is 0.234 e. The van der Waals surface area contributed by atoms with Crippen molar-refractivity contribution in [1.82, 2.24) is 29.9 Å². The van der Waals surface area contributed by atoms with E-state index in [-0.39, 0.29) is 17.9 Å². The van der Waals surface area contributed by atoms with Gasteiger partial charge in [0, 0.05) is 37.4 Å². The van der Waals surface area contributed by atoms with Crippen LogP contribution in [0.2, 0.25) is 0 Å². The summed E-state index contributed by atoms with van der Waals surface area (Å²) >= 11 is 1.69. The number of likely N-dealkylation sites (N-methyl/N-ethyl adjacent to an activating group) is 1. The highest BCUT2D eigenvalue weighted by Gasteiger charge is 2.27. The van der Waals surface area contributed by atoms with E-state index in [2.05, 4.69) is 40.0 Å². The van der Waals surface area contributed by atoms with Crippen LogP contribution in [-0.2, 0) is 29.0 Å². The van der Waals surface area contributed by atoms with Crippen LogP contribution in [-0.4, -0.2) is 70.1 Å². The standard InChI is InChI=1S/C22H34N6O2S/c1-16(2)14-18(23-20(29)15-26(3)4)22-25-24-19-9-10-27(11-12-28(19)22)21(30)8-7-17-6-5-13-31-17/h5-6,13,16,18H,7-12,14-15H2,1-4H3,(H,23,29)/t18-/m0/s1. The number of rotatable bonds is 9. The fraction of sp³-hybridized carbons (Fsp3) is 0.636. The fourth-order valence-electron chi connectivity index (χ4n) is 3.92. The van der Waals surface area contributed by atoms with Crippen LogP contribution in [0.25, 0.3) is 0 Å². The van der Waals surface area contributed by atoms with Crippen LogP contribution in [0.15, 0.2) is 17.5 Å². The van der Waals surface area contributed by atoms with Gasteiger partial charge in [-0.25, -0.2) is 0 Å². The smallest absolute Gasteiger partial charge is 0.234 e. The van der Waals surface area contributed by atoms with Crippen molar-refractivity contribution in [2.24, 2.45) is 5.92 Å². The summed E-state index contributed by atoms with van der Waals surface area (Å²) in [7, 11) is 3.76. The van der Waals surface area contributed by atoms with E-state index in [4.69, 9.17) is 0 Å². The Hall–Kier alpha value is -2.26. The van der Waals surface area contributed by atoms with E-state index in [1.807, 2.05) is 35.3 Å². The minimum atomic E-state index is -0.185. The summed E-state index contributed by atoms with van der Waals surface area (Å²) in [5.74, 6) is 2.25. The Morgan fingerprint density at radius 3 is 2.71 bits per heavy atom. The normalized spacial score (nSPS) is 15.1. The molecule has 2 aromatic heterocycles. The molecule has 8 nitrogen and oxygen atoms in total. The summed E-state index contributed by atoms with van der Waals surface area (Å²) in [6, 6.07) is 3.91. The molecule has 170 valence electrons. The van der Waals surface area contributed by atoms with Crippen molar-refractivity contribution >= 4 is 23.2 Å². The fourth-order valence-corrected chi connectivity index (χ4v) is 4.63. The average Bonchev–Trinajstić information content (AvgIpc) is 3.30. The number of carbonyl (C=O) groups excluding carboxylic acids is 2. The van der Waals surface area contributed by atoms with Gasteiger partial charge in [-0.3, -0.25) is 9.59 Å². The summed E-state index contributed by atoms with van der Waals surface area (Å²) in [5, 5.41) is 14.0. The third-order valence-corrected chi connectivity index (χ3v) is 6.32. The van der Waals surface area contributed by atoms with Crippen molar-refractivity contribution in [2.75, 3.05) is 33.7 Å². The molecular weight excluding hydrogens is 412 g/mol. The van der Waals surface area contributed by atoms with Gasteiger partial charge in [0.05, 0.1) is 12.6 Å². The molecule has 0 aromatic carbocycles. The van der Waals surface area contributed by atoms with Gasteiger partial charge in [0.2, 0.25) is 11.8 Å². The lowest BCUT2D eigenvalue weighted by atomic mass is 10.0. The number of aromatic nitrogens is 3. The maximum absolute atomic E-state index is 12.8. The van der Waals surface area contributed by atoms with Crippen molar-refractivity contribution in [3.05, 3.63) is 34.0 Å². The van der Waals surface area contributed by atoms with Gasteiger partial charge in [-0.15, -0.1) is 21.5 Å². The van der Waals surface area contributed by atoms with Crippen LogP contribution >= 0.6 is 11.3 Å². The number of carbonyl (C=O) groups is 2. The zero-order valence-corrected chi connectivity index (χ0v) is 19.8. The Morgan fingerprint density at radius 1 is 1.23 bits per heavy atom. The zero-order chi connectivity index (χ0) is 22.4. The lowest BCUT2D eigenvalue weighted by molar-refractivity contribution is -0.131. The molecule has 1 atom stereocenters. The molecule has 0 radical (unpaired) electrons. The van der Waals surface area contributed by atoms with Gasteiger partial charge in [-0.2, -0.15) is 0 Å². The molecule has 31 heavy (non-hydrogen) atoms. The number of nitrogens with zero attached hydrogens (tertiary/aromatic N) is 5. The Kier molecular flexibility index (Phi) is 8.20. The monoisotopic (exact) mass is 446 g/mol. The number of hydrogen-bond donors (Lipinski definition) is 1. The van der Waals surface area contributed by atoms with Crippen LogP contribution in [0.3, 0.4) is 0 Å². The quantitative estimate of drug-likeness (QED) is 0.638. The Morgan fingerprint density at radius 2 is 2.03 bits per heavy atom. The van der Waals surface area contributed by atoms with Crippen molar-refractivity contribution in [2.45, 2.75) is 52.1 Å². The van der Waals surface area contributed by atoms with E-state index in [9.17, 15) is 9.59 Å². The highest BCUT2D eigenvalue weighted by molar-refractivity contribution is 7.09. The lowest BCUT2D eigenvalue weighted by Gasteiger charge is -2.23. The van der Waals surface area contributed by atoms with Crippen LogP contribution in [0.5, 0.6) is 0 Å². The van der Waals surface area contributed by atoms with Crippen molar-refractivity contribution in [3.8, 4) is 0 Å². The third kappa shape index (κ3) is 6.61. The summed E-state index contributed by atoms with van der Waals surface area (Å²) in [6.07, 6.45) is 2.79. The van der Waals surface area contributed by atoms with Crippen molar-refractivity contribution < 1.29 is 9.59 Å². The van der Waals surface area contributed by atoms with E-state index in [0.717, 1.165) is 24.5 Å². The molecule has 0 unspecified atom stereocenters. The van der Waals surface area contributed by atoms with Crippen LogP contribution < -0.4 is 5.32 Å². The second-order valence-corrected chi connectivity index (χ2v) is 9.86. The third-order valence-electron chi connectivity index (χ3n) is 5.39. The summed E-state index contributed by atoms with van der Waals surface area (Å²) < 4.78 is 2.11. The molecule has 0 bridgehead atoms. The highest BCUT2D eigenvalue weighted by Crippen LogP contribution is 2.22. The Bertz CT molecular complexity index is 861. The molecule has 3 rings (SSSR count). The first-order valence-corrected chi connectivity index (χ1v) is 11.9. The Labute approximate surface area is 188 Å². The molecule has 1 N–H and O–H groups in total. The molecule has 2 aromatic rings. The molecule has 9 heteroatoms. The van der Waals surface area contributed by atoms with Crippen molar-refractivity contribution in [3.63, 3.8) is 0 Å². The van der Waals surface area contributed by atoms with Crippen LogP contribution in [0.4, 0.5) is 0 Å². The molecular formula is C22H34N6O2S. The molecule has 0 aliphatic carbocycles. The van der Waals surface area contributed by atoms with E-state index < -0.39 is 0 Å². The average molecular weight is 447 g/mol.